The van der Waals surface area contributed by atoms with E-state index in [1.165, 1.54) is 0 Å². The number of nitrogens with zero attached hydrogens (tertiary/aromatic N) is 12. The van der Waals surface area contributed by atoms with Crippen LogP contribution in [0.25, 0.3) is 41.8 Å². The second-order valence-corrected chi connectivity index (χ2v) is 17.6. The maximum Gasteiger partial charge on any atom is 0.338 e. The molecule has 14 atom stereocenters. The van der Waals surface area contributed by atoms with Crippen LogP contribution in [-0.4, -0.2) is 122 Å². The second-order valence-electron chi connectivity index (χ2n) is 17.6. The zero-order valence-electron chi connectivity index (χ0n) is 36.3. The molecule has 24 heteroatoms. The fourth-order valence-electron chi connectivity index (χ4n) is 10.5. The number of hydrogen-bond acceptors (Lipinski definition) is 16. The number of ether oxygens (including phenoxy) is 10. The number of esters is 2. The Morgan fingerprint density at radius 2 is 1.16 bits per heavy atom. The van der Waals surface area contributed by atoms with E-state index < -0.39 is 109 Å². The summed E-state index contributed by atoms with van der Waals surface area (Å²) >= 11 is 0. The average molecular weight is 927 g/mol. The van der Waals surface area contributed by atoms with E-state index in [2.05, 4.69) is 40.1 Å². The molecule has 4 saturated heterocycles. The molecule has 2 aromatic rings. The van der Waals surface area contributed by atoms with Gasteiger partial charge in [-0.3, -0.25) is 0 Å². The summed E-state index contributed by atoms with van der Waals surface area (Å²) in [5.41, 5.74) is 39.4. The Morgan fingerprint density at radius 1 is 0.597 bits per heavy atom. The molecule has 0 aromatic heterocycles. The lowest BCUT2D eigenvalue weighted by molar-refractivity contribution is -0.398. The number of rotatable bonds is 13. The first-order chi connectivity index (χ1) is 32.8. The Bertz CT molecular complexity index is 2280. The first kappa shape index (κ1) is 46.4. The van der Waals surface area contributed by atoms with Gasteiger partial charge < -0.3 is 47.4 Å². The van der Waals surface area contributed by atoms with Crippen molar-refractivity contribution in [2.24, 2.45) is 20.5 Å². The molecule has 354 valence electrons. The topological polar surface area (TPSA) is 321 Å². The van der Waals surface area contributed by atoms with Gasteiger partial charge in [-0.15, -0.1) is 0 Å². The molecular formula is C43H50N12O12. The molecule has 2 spiro atoms. The molecule has 0 radical (unpaired) electrons. The quantitative estimate of drug-likeness (QED) is 0.0800. The SMILES string of the molecule is [N-]=[N+]=NC[C@H]1O[C@@H](O[C@@H]2C(N=[N+]=[N-])[C@@H](O[C@@H]3C(N=[N+]=[N-])C[C@@H](N=[N+]=[N-])C4OC5(CCCCC5)O[C@H]43)OC3COC4(CCCCC4)O[C@H]32)[C@@H](OC(=O)c2ccccc2)C1OC(=O)c1ccccc1. The summed E-state index contributed by atoms with van der Waals surface area (Å²) in [5, 5.41) is 16.0. The minimum atomic E-state index is -1.58. The summed E-state index contributed by atoms with van der Waals surface area (Å²) in [5.74, 6) is -3.61. The van der Waals surface area contributed by atoms with Gasteiger partial charge in [0.25, 0.3) is 0 Å². The number of azide groups is 4. The van der Waals surface area contributed by atoms with Crippen molar-refractivity contribution in [2.45, 2.75) is 168 Å². The van der Waals surface area contributed by atoms with Crippen molar-refractivity contribution in [2.75, 3.05) is 13.2 Å². The smallest absolute Gasteiger partial charge is 0.338 e. The monoisotopic (exact) mass is 926 g/mol. The number of carbonyl (C=O) groups is 2. The largest absolute Gasteiger partial charge is 0.452 e. The van der Waals surface area contributed by atoms with Gasteiger partial charge in [0.1, 0.15) is 36.6 Å². The normalized spacial score (nSPS) is 35.8. The summed E-state index contributed by atoms with van der Waals surface area (Å²) < 4.78 is 65.6. The predicted molar refractivity (Wildman–Crippen MR) is 228 cm³/mol. The van der Waals surface area contributed by atoms with Gasteiger partial charge in [0.15, 0.2) is 36.4 Å². The van der Waals surface area contributed by atoms with E-state index in [-0.39, 0.29) is 30.7 Å². The summed E-state index contributed by atoms with van der Waals surface area (Å²) in [6.07, 6.45) is -5.59. The fourth-order valence-corrected chi connectivity index (χ4v) is 10.5. The third-order valence-corrected chi connectivity index (χ3v) is 13.6. The molecule has 24 nitrogen and oxygen atoms in total. The highest BCUT2D eigenvalue weighted by Crippen LogP contribution is 2.49. The van der Waals surface area contributed by atoms with Gasteiger partial charge in [-0.25, -0.2) is 9.59 Å². The number of benzene rings is 2. The fraction of sp³-hybridized carbons (Fsp3) is 0.674. The molecule has 2 aromatic carbocycles. The van der Waals surface area contributed by atoms with Gasteiger partial charge >= 0.3 is 11.9 Å². The zero-order chi connectivity index (χ0) is 46.4. The molecule has 67 heavy (non-hydrogen) atoms. The van der Waals surface area contributed by atoms with E-state index in [0.717, 1.165) is 38.5 Å². The van der Waals surface area contributed by atoms with Crippen LogP contribution < -0.4 is 0 Å². The summed E-state index contributed by atoms with van der Waals surface area (Å²) in [7, 11) is 0. The van der Waals surface area contributed by atoms with Gasteiger partial charge in [0.05, 0.1) is 48.6 Å². The maximum atomic E-state index is 13.9. The molecule has 0 bridgehead atoms. The molecule has 5 unspecified atom stereocenters. The molecule has 4 aliphatic heterocycles. The minimum Gasteiger partial charge on any atom is -0.452 e. The van der Waals surface area contributed by atoms with Crippen molar-refractivity contribution in [1.82, 2.24) is 0 Å². The van der Waals surface area contributed by atoms with Crippen molar-refractivity contribution >= 4 is 11.9 Å². The lowest BCUT2D eigenvalue weighted by atomic mass is 9.84. The van der Waals surface area contributed by atoms with Crippen LogP contribution in [0.2, 0.25) is 0 Å². The van der Waals surface area contributed by atoms with Crippen molar-refractivity contribution < 1.29 is 57.0 Å². The van der Waals surface area contributed by atoms with Crippen LogP contribution in [0.1, 0.15) is 91.3 Å². The lowest BCUT2D eigenvalue weighted by Gasteiger charge is -2.53. The number of hydrogen-bond donors (Lipinski definition) is 0. The van der Waals surface area contributed by atoms with Crippen LogP contribution in [0.3, 0.4) is 0 Å². The maximum absolute atomic E-state index is 13.9. The van der Waals surface area contributed by atoms with E-state index in [0.29, 0.717) is 25.7 Å². The van der Waals surface area contributed by atoms with Crippen molar-refractivity contribution in [3.63, 3.8) is 0 Å². The molecule has 0 amide bonds. The molecular weight excluding hydrogens is 877 g/mol. The third-order valence-electron chi connectivity index (χ3n) is 13.6. The summed E-state index contributed by atoms with van der Waals surface area (Å²) in [4.78, 5) is 39.8. The van der Waals surface area contributed by atoms with Crippen LogP contribution in [0.4, 0.5) is 0 Å². The molecule has 7 fully saturated rings. The standard InChI is InChI=1S/C43H50N12O12/c44-52-48-22-28-33(61-38(56)24-13-5-1-6-14-24)37(62-39(57)25-15-7-2-8-16-25)41(59-28)64-35-30(51-55-47)40(60-29-23-58-42(66-34(29)35)17-9-3-10-18-42)63-31-26(49-53-45)21-27(50-54-46)32-36(31)67-43(65-32)19-11-4-12-20-43/h1-2,5-8,13-16,26-37,40-41H,3-4,9-12,17-23H2/t26?,27-,28-,29?,30?,31-,32?,33?,34-,35-,36+,37+,40-,41+/m1/s1. The lowest BCUT2D eigenvalue weighted by Crippen LogP contribution is -2.68. The summed E-state index contributed by atoms with van der Waals surface area (Å²) in [6.45, 7) is -0.368. The van der Waals surface area contributed by atoms with E-state index >= 15 is 0 Å². The van der Waals surface area contributed by atoms with Gasteiger partial charge in [-0.05, 0) is 78.5 Å². The van der Waals surface area contributed by atoms with Gasteiger partial charge in [0, 0.05) is 45.3 Å². The first-order valence-corrected chi connectivity index (χ1v) is 22.7. The van der Waals surface area contributed by atoms with E-state index in [9.17, 15) is 31.7 Å². The predicted octanol–water partition coefficient (Wildman–Crippen LogP) is 7.93. The first-order valence-electron chi connectivity index (χ1n) is 22.7. The molecule has 0 N–H and O–H groups in total. The molecule has 4 heterocycles. The highest BCUT2D eigenvalue weighted by molar-refractivity contribution is 5.90. The Morgan fingerprint density at radius 3 is 1.79 bits per heavy atom. The summed E-state index contributed by atoms with van der Waals surface area (Å²) in [6, 6.07) is 13.1. The second kappa shape index (κ2) is 20.7. The molecule has 9 rings (SSSR count). The van der Waals surface area contributed by atoms with E-state index in [1.54, 1.807) is 60.7 Å². The molecule has 7 aliphatic rings. The van der Waals surface area contributed by atoms with Crippen LogP contribution in [-0.2, 0) is 47.4 Å². The van der Waals surface area contributed by atoms with Crippen molar-refractivity contribution in [3.8, 4) is 0 Å². The number of fused-ring (bicyclic) bond motifs is 2. The minimum absolute atomic E-state index is 0.000318. The third kappa shape index (κ3) is 9.84. The highest BCUT2D eigenvalue weighted by Gasteiger charge is 2.62. The van der Waals surface area contributed by atoms with Crippen LogP contribution >= 0.6 is 0 Å². The molecule has 3 aliphatic carbocycles. The number of carbonyl (C=O) groups excluding carboxylic acids is 2. The van der Waals surface area contributed by atoms with Crippen LogP contribution in [0, 0.1) is 0 Å². The van der Waals surface area contributed by atoms with Gasteiger partial charge in [-0.1, -0.05) is 69.7 Å². The van der Waals surface area contributed by atoms with E-state index in [4.69, 9.17) is 47.4 Å². The average Bonchev–Trinajstić information content (AvgIpc) is 3.88. The highest BCUT2D eigenvalue weighted by atomic mass is 16.8. The Balaban J connectivity index is 1.09. The Hall–Kier alpha value is -5.70. The van der Waals surface area contributed by atoms with Crippen LogP contribution in [0.15, 0.2) is 81.1 Å². The van der Waals surface area contributed by atoms with Crippen molar-refractivity contribution in [3.05, 3.63) is 114 Å². The zero-order valence-corrected chi connectivity index (χ0v) is 36.3. The van der Waals surface area contributed by atoms with Crippen LogP contribution in [0.5, 0.6) is 0 Å². The molecule has 3 saturated carbocycles. The van der Waals surface area contributed by atoms with E-state index in [1.807, 2.05) is 0 Å². The van der Waals surface area contributed by atoms with Gasteiger partial charge in [0.2, 0.25) is 0 Å². The van der Waals surface area contributed by atoms with Crippen molar-refractivity contribution in [1.29, 1.82) is 0 Å². The Labute approximate surface area is 383 Å². The Kier molecular flexibility index (Phi) is 14.3. The van der Waals surface area contributed by atoms with Gasteiger partial charge in [-0.2, -0.15) is 0 Å².